The molecule has 21 heavy (non-hydrogen) atoms. The van der Waals surface area contributed by atoms with Gasteiger partial charge in [0.15, 0.2) is 0 Å². The van der Waals surface area contributed by atoms with Gasteiger partial charge in [-0.2, -0.15) is 0 Å². The topological polar surface area (TPSA) is 64.4 Å². The molecule has 118 valence electrons. The Hall–Kier alpha value is -1.46. The number of benzene rings is 1. The first-order chi connectivity index (χ1) is 9.91. The van der Waals surface area contributed by atoms with Gasteiger partial charge in [0.25, 0.3) is 5.69 Å². The van der Waals surface area contributed by atoms with Crippen molar-refractivity contribution in [2.45, 2.75) is 40.2 Å². The van der Waals surface area contributed by atoms with Crippen LogP contribution in [-0.2, 0) is 4.74 Å². The Morgan fingerprint density at radius 2 is 2.05 bits per heavy atom. The molecule has 0 heterocycles. The predicted octanol–water partition coefficient (Wildman–Crippen LogP) is 3.62. The third-order valence-corrected chi connectivity index (χ3v) is 3.30. The van der Waals surface area contributed by atoms with Crippen LogP contribution >= 0.6 is 0 Å². The van der Waals surface area contributed by atoms with Crippen molar-refractivity contribution in [1.29, 1.82) is 0 Å². The molecular formula is C16H26N2O3. The maximum atomic E-state index is 11.0. The maximum Gasteiger partial charge on any atom is 0.272 e. The van der Waals surface area contributed by atoms with Crippen LogP contribution in [0.25, 0.3) is 0 Å². The molecule has 5 heteroatoms. The summed E-state index contributed by atoms with van der Waals surface area (Å²) in [5.74, 6) is 0.560. The number of hydrogen-bond donors (Lipinski definition) is 1. The number of ether oxygens (including phenoxy) is 1. The van der Waals surface area contributed by atoms with E-state index < -0.39 is 0 Å². The lowest BCUT2D eigenvalue weighted by Crippen LogP contribution is -2.21. The average Bonchev–Trinajstić information content (AvgIpc) is 2.42. The molecule has 1 aromatic carbocycles. The number of nitrogens with one attached hydrogen (secondary N) is 1. The number of hydrogen-bond acceptors (Lipinski definition) is 4. The van der Waals surface area contributed by atoms with E-state index in [-0.39, 0.29) is 16.7 Å². The fraction of sp³-hybridized carbons (Fsp3) is 0.625. The molecule has 1 atom stereocenters. The Labute approximate surface area is 126 Å². The minimum absolute atomic E-state index is 0.0920. The van der Waals surface area contributed by atoms with Crippen molar-refractivity contribution in [2.75, 3.05) is 19.8 Å². The Kier molecular flexibility index (Phi) is 7.32. The van der Waals surface area contributed by atoms with Crippen LogP contribution in [0.1, 0.15) is 44.4 Å². The molecule has 0 aliphatic carbocycles. The second-order valence-electron chi connectivity index (χ2n) is 5.80. The van der Waals surface area contributed by atoms with E-state index >= 15 is 0 Å². The van der Waals surface area contributed by atoms with Gasteiger partial charge in [-0.15, -0.1) is 0 Å². The van der Waals surface area contributed by atoms with Crippen LogP contribution in [0.15, 0.2) is 18.2 Å². The Balaban J connectivity index is 2.40. The van der Waals surface area contributed by atoms with Gasteiger partial charge in [0.05, 0.1) is 4.92 Å². The zero-order valence-electron chi connectivity index (χ0n) is 13.4. The number of nitro benzene ring substituents is 1. The molecule has 1 N–H and O–H groups in total. The lowest BCUT2D eigenvalue weighted by Gasteiger charge is -2.15. The van der Waals surface area contributed by atoms with E-state index in [4.69, 9.17) is 4.74 Å². The van der Waals surface area contributed by atoms with Crippen LogP contribution in [0.2, 0.25) is 0 Å². The third-order valence-electron chi connectivity index (χ3n) is 3.30. The van der Waals surface area contributed by atoms with E-state index in [9.17, 15) is 10.1 Å². The summed E-state index contributed by atoms with van der Waals surface area (Å²) in [5, 5.41) is 14.3. The van der Waals surface area contributed by atoms with Gasteiger partial charge in [-0.1, -0.05) is 26.0 Å². The summed E-state index contributed by atoms with van der Waals surface area (Å²) >= 11 is 0. The first-order valence-corrected chi connectivity index (χ1v) is 7.48. The lowest BCUT2D eigenvalue weighted by molar-refractivity contribution is -0.385. The van der Waals surface area contributed by atoms with Gasteiger partial charge in [0, 0.05) is 30.9 Å². The molecule has 1 unspecified atom stereocenters. The molecule has 0 aliphatic rings. The summed E-state index contributed by atoms with van der Waals surface area (Å²) in [6.07, 6.45) is 0.936. The number of nitrogens with zero attached hydrogens (tertiary/aromatic N) is 1. The van der Waals surface area contributed by atoms with Gasteiger partial charge >= 0.3 is 0 Å². The Morgan fingerprint density at radius 1 is 1.33 bits per heavy atom. The largest absolute Gasteiger partial charge is 0.381 e. The average molecular weight is 294 g/mol. The Bertz CT molecular complexity index is 461. The minimum Gasteiger partial charge on any atom is -0.381 e. The van der Waals surface area contributed by atoms with Crippen LogP contribution in [-0.4, -0.2) is 24.7 Å². The third kappa shape index (κ3) is 6.23. The normalized spacial score (nSPS) is 12.6. The molecule has 0 aromatic heterocycles. The van der Waals surface area contributed by atoms with Crippen molar-refractivity contribution >= 4 is 5.69 Å². The molecule has 0 bridgehead atoms. The summed E-state index contributed by atoms with van der Waals surface area (Å²) in [5.41, 5.74) is 1.81. The first-order valence-electron chi connectivity index (χ1n) is 7.48. The van der Waals surface area contributed by atoms with Crippen LogP contribution in [0.5, 0.6) is 0 Å². The quantitative estimate of drug-likeness (QED) is 0.429. The van der Waals surface area contributed by atoms with E-state index in [2.05, 4.69) is 19.2 Å². The molecule has 0 fully saturated rings. The van der Waals surface area contributed by atoms with Gasteiger partial charge < -0.3 is 10.1 Å². The molecule has 1 rings (SSSR count). The summed E-state index contributed by atoms with van der Waals surface area (Å²) in [7, 11) is 0. The van der Waals surface area contributed by atoms with Crippen molar-refractivity contribution in [3.8, 4) is 0 Å². The van der Waals surface area contributed by atoms with Crippen molar-refractivity contribution in [2.24, 2.45) is 5.92 Å². The van der Waals surface area contributed by atoms with Gasteiger partial charge in [0.2, 0.25) is 0 Å². The highest BCUT2D eigenvalue weighted by Crippen LogP contribution is 2.23. The molecule has 0 amide bonds. The second kappa shape index (κ2) is 8.74. The van der Waals surface area contributed by atoms with Gasteiger partial charge in [-0.05, 0) is 38.3 Å². The SMILES string of the molecule is Cc1ccc(C(C)NCCCOCC(C)C)cc1[N+](=O)[O-]. The number of rotatable bonds is 9. The first kappa shape index (κ1) is 17.6. The van der Waals surface area contributed by atoms with E-state index in [1.54, 1.807) is 19.1 Å². The van der Waals surface area contributed by atoms with Crippen LogP contribution < -0.4 is 5.32 Å². The fourth-order valence-corrected chi connectivity index (χ4v) is 2.02. The van der Waals surface area contributed by atoms with Gasteiger partial charge in [0.1, 0.15) is 0 Å². The zero-order valence-corrected chi connectivity index (χ0v) is 13.4. The van der Waals surface area contributed by atoms with Crippen LogP contribution in [0, 0.1) is 23.0 Å². The summed E-state index contributed by atoms with van der Waals surface area (Å²) < 4.78 is 5.52. The molecule has 5 nitrogen and oxygen atoms in total. The highest BCUT2D eigenvalue weighted by atomic mass is 16.6. The molecule has 0 saturated heterocycles. The van der Waals surface area contributed by atoms with Crippen molar-refractivity contribution in [3.05, 3.63) is 39.4 Å². The minimum atomic E-state index is -0.328. The van der Waals surface area contributed by atoms with E-state index in [1.165, 1.54) is 0 Å². The zero-order chi connectivity index (χ0) is 15.8. The summed E-state index contributed by atoms with van der Waals surface area (Å²) in [4.78, 5) is 10.6. The van der Waals surface area contributed by atoms with Crippen LogP contribution in [0.4, 0.5) is 5.69 Å². The fourth-order valence-electron chi connectivity index (χ4n) is 2.02. The number of nitro groups is 1. The van der Waals surface area contributed by atoms with E-state index in [0.29, 0.717) is 11.5 Å². The van der Waals surface area contributed by atoms with Crippen molar-refractivity contribution in [1.82, 2.24) is 5.32 Å². The summed E-state index contributed by atoms with van der Waals surface area (Å²) in [6.45, 7) is 10.4. The van der Waals surface area contributed by atoms with E-state index in [1.807, 2.05) is 13.0 Å². The molecular weight excluding hydrogens is 268 g/mol. The highest BCUT2D eigenvalue weighted by molar-refractivity contribution is 5.43. The molecule has 0 spiro atoms. The molecule has 0 saturated carbocycles. The van der Waals surface area contributed by atoms with Crippen molar-refractivity contribution in [3.63, 3.8) is 0 Å². The van der Waals surface area contributed by atoms with Gasteiger partial charge in [-0.25, -0.2) is 0 Å². The molecule has 0 aliphatic heterocycles. The molecule has 1 aromatic rings. The Morgan fingerprint density at radius 3 is 2.67 bits per heavy atom. The summed E-state index contributed by atoms with van der Waals surface area (Å²) in [6, 6.07) is 5.49. The predicted molar refractivity (Wildman–Crippen MR) is 84.5 cm³/mol. The van der Waals surface area contributed by atoms with Crippen LogP contribution in [0.3, 0.4) is 0 Å². The maximum absolute atomic E-state index is 11.0. The number of aryl methyl sites for hydroxylation is 1. The highest BCUT2D eigenvalue weighted by Gasteiger charge is 2.13. The van der Waals surface area contributed by atoms with E-state index in [0.717, 1.165) is 31.7 Å². The van der Waals surface area contributed by atoms with Gasteiger partial charge in [-0.3, -0.25) is 10.1 Å². The smallest absolute Gasteiger partial charge is 0.272 e. The standard InChI is InChI=1S/C16H26N2O3/c1-12(2)11-21-9-5-8-17-14(4)15-7-6-13(3)16(10-15)18(19)20/h6-7,10,12,14,17H,5,8-9,11H2,1-4H3. The second-order valence-corrected chi connectivity index (χ2v) is 5.80. The van der Waals surface area contributed by atoms with Crippen molar-refractivity contribution < 1.29 is 9.66 Å². The lowest BCUT2D eigenvalue weighted by atomic mass is 10.0. The monoisotopic (exact) mass is 294 g/mol. The molecule has 0 radical (unpaired) electrons.